The number of aromatic nitrogens is 2. The Morgan fingerprint density at radius 3 is 3.08 bits per heavy atom. The molecular formula is C19H22N4OS. The van der Waals surface area contributed by atoms with Crippen molar-refractivity contribution in [3.63, 3.8) is 0 Å². The van der Waals surface area contributed by atoms with Crippen LogP contribution in [-0.4, -0.2) is 28.5 Å². The number of aryl methyl sites for hydroxylation is 1. The monoisotopic (exact) mass is 354 g/mol. The van der Waals surface area contributed by atoms with Crippen LogP contribution in [-0.2, 0) is 11.3 Å². The molecule has 130 valence electrons. The molecule has 0 bridgehead atoms. The number of hydrogen-bond acceptors (Lipinski definition) is 5. The number of thiazole rings is 1. The smallest absolute Gasteiger partial charge is 0.204 e. The van der Waals surface area contributed by atoms with Gasteiger partial charge in [-0.05, 0) is 44.9 Å². The van der Waals surface area contributed by atoms with Crippen molar-refractivity contribution in [2.75, 3.05) is 12.0 Å². The van der Waals surface area contributed by atoms with Crippen LogP contribution in [0.2, 0.25) is 0 Å². The van der Waals surface area contributed by atoms with Gasteiger partial charge in [-0.1, -0.05) is 23.5 Å². The fourth-order valence-electron chi connectivity index (χ4n) is 3.31. The van der Waals surface area contributed by atoms with Gasteiger partial charge in [0.2, 0.25) is 5.13 Å². The summed E-state index contributed by atoms with van der Waals surface area (Å²) in [5, 5.41) is 5.19. The zero-order valence-electron chi connectivity index (χ0n) is 14.5. The van der Waals surface area contributed by atoms with E-state index in [1.54, 1.807) is 11.3 Å². The standard InChI is InChI=1S/C19H22N4OS/c1-13-10-15(14(2)23(13)12-16-6-5-9-24-16)11-20-22-19-21-17-7-3-4-8-18(17)25-19/h3-4,7-8,10-11,16H,5-6,9,12H2,1-2H3,(H,21,22)/b20-11-/t16-/m0/s1. The second kappa shape index (κ2) is 6.98. The molecule has 4 rings (SSSR count). The number of ether oxygens (including phenoxy) is 1. The molecular weight excluding hydrogens is 332 g/mol. The van der Waals surface area contributed by atoms with Gasteiger partial charge in [0.1, 0.15) is 0 Å². The highest BCUT2D eigenvalue weighted by molar-refractivity contribution is 7.22. The summed E-state index contributed by atoms with van der Waals surface area (Å²) < 4.78 is 9.26. The summed E-state index contributed by atoms with van der Waals surface area (Å²) in [5.74, 6) is 0. The fourth-order valence-corrected chi connectivity index (χ4v) is 4.12. The maximum atomic E-state index is 5.77. The van der Waals surface area contributed by atoms with E-state index in [4.69, 9.17) is 4.74 Å². The molecule has 6 heteroatoms. The number of benzene rings is 1. The van der Waals surface area contributed by atoms with E-state index in [9.17, 15) is 0 Å². The summed E-state index contributed by atoms with van der Waals surface area (Å²) >= 11 is 1.61. The van der Waals surface area contributed by atoms with E-state index in [1.807, 2.05) is 24.4 Å². The van der Waals surface area contributed by atoms with Gasteiger partial charge in [0.25, 0.3) is 0 Å². The van der Waals surface area contributed by atoms with Crippen LogP contribution in [0.5, 0.6) is 0 Å². The first-order valence-corrected chi connectivity index (χ1v) is 9.45. The molecule has 1 aliphatic heterocycles. The lowest BCUT2D eigenvalue weighted by Gasteiger charge is -2.14. The number of hydrazone groups is 1. The first-order valence-electron chi connectivity index (χ1n) is 8.63. The predicted molar refractivity (Wildman–Crippen MR) is 104 cm³/mol. The molecule has 0 spiro atoms. The van der Waals surface area contributed by atoms with E-state index in [0.717, 1.165) is 40.5 Å². The molecule has 0 unspecified atom stereocenters. The van der Waals surface area contributed by atoms with Crippen molar-refractivity contribution in [3.05, 3.63) is 47.3 Å². The van der Waals surface area contributed by atoms with Gasteiger partial charge in [-0.25, -0.2) is 4.98 Å². The Bertz CT molecular complexity index is 872. The summed E-state index contributed by atoms with van der Waals surface area (Å²) in [6.07, 6.45) is 4.54. The number of hydrogen-bond donors (Lipinski definition) is 1. The Balaban J connectivity index is 1.47. The minimum Gasteiger partial charge on any atom is -0.376 e. The van der Waals surface area contributed by atoms with Gasteiger partial charge in [0.15, 0.2) is 0 Å². The molecule has 1 aliphatic rings. The molecule has 1 atom stereocenters. The Morgan fingerprint density at radius 2 is 2.28 bits per heavy atom. The lowest BCUT2D eigenvalue weighted by atomic mass is 10.2. The topological polar surface area (TPSA) is 51.4 Å². The molecule has 5 nitrogen and oxygen atoms in total. The summed E-state index contributed by atoms with van der Waals surface area (Å²) in [6, 6.07) is 10.3. The first-order chi connectivity index (χ1) is 12.2. The summed E-state index contributed by atoms with van der Waals surface area (Å²) in [6.45, 7) is 6.10. The van der Waals surface area contributed by atoms with E-state index >= 15 is 0 Å². The molecule has 0 saturated carbocycles. The average molecular weight is 354 g/mol. The minimum absolute atomic E-state index is 0.343. The van der Waals surface area contributed by atoms with Crippen molar-refractivity contribution in [1.29, 1.82) is 0 Å². The molecule has 0 radical (unpaired) electrons. The molecule has 3 heterocycles. The average Bonchev–Trinajstić information content (AvgIpc) is 3.31. The largest absolute Gasteiger partial charge is 0.376 e. The van der Waals surface area contributed by atoms with Crippen LogP contribution in [0, 0.1) is 13.8 Å². The quantitative estimate of drug-likeness (QED) is 0.548. The van der Waals surface area contributed by atoms with Gasteiger partial charge in [-0.15, -0.1) is 0 Å². The third-order valence-corrected chi connectivity index (χ3v) is 5.62. The Labute approximate surface area is 151 Å². The summed E-state index contributed by atoms with van der Waals surface area (Å²) in [5.41, 5.74) is 7.65. The van der Waals surface area contributed by atoms with Crippen molar-refractivity contribution in [2.24, 2.45) is 5.10 Å². The number of nitrogens with zero attached hydrogens (tertiary/aromatic N) is 3. The Kier molecular flexibility index (Phi) is 4.55. The highest BCUT2D eigenvalue weighted by atomic mass is 32.1. The second-order valence-electron chi connectivity index (χ2n) is 6.43. The maximum Gasteiger partial charge on any atom is 0.204 e. The number of fused-ring (bicyclic) bond motifs is 1. The van der Waals surface area contributed by atoms with Gasteiger partial charge in [0.05, 0.1) is 22.5 Å². The molecule has 0 amide bonds. The van der Waals surface area contributed by atoms with Crippen molar-refractivity contribution in [2.45, 2.75) is 39.3 Å². The van der Waals surface area contributed by atoms with Crippen molar-refractivity contribution in [3.8, 4) is 0 Å². The lowest BCUT2D eigenvalue weighted by Crippen LogP contribution is -2.16. The van der Waals surface area contributed by atoms with Crippen LogP contribution in [0.3, 0.4) is 0 Å². The molecule has 1 fully saturated rings. The molecule has 1 N–H and O–H groups in total. The molecule has 1 saturated heterocycles. The van der Waals surface area contributed by atoms with Crippen LogP contribution in [0.1, 0.15) is 29.8 Å². The number of anilines is 1. The second-order valence-corrected chi connectivity index (χ2v) is 7.46. The van der Waals surface area contributed by atoms with Crippen molar-refractivity contribution < 1.29 is 4.74 Å². The molecule has 0 aliphatic carbocycles. The number of rotatable bonds is 5. The number of nitrogens with one attached hydrogen (secondary N) is 1. The molecule has 2 aromatic heterocycles. The van der Waals surface area contributed by atoms with Crippen molar-refractivity contribution in [1.82, 2.24) is 9.55 Å². The maximum absolute atomic E-state index is 5.77. The predicted octanol–water partition coefficient (Wildman–Crippen LogP) is 4.34. The minimum atomic E-state index is 0.343. The lowest BCUT2D eigenvalue weighted by molar-refractivity contribution is 0.0962. The Hall–Kier alpha value is -2.18. The summed E-state index contributed by atoms with van der Waals surface area (Å²) in [7, 11) is 0. The van der Waals surface area contributed by atoms with E-state index in [1.165, 1.54) is 17.8 Å². The highest BCUT2D eigenvalue weighted by Crippen LogP contribution is 2.25. The van der Waals surface area contributed by atoms with Gasteiger partial charge in [-0.3, -0.25) is 5.43 Å². The van der Waals surface area contributed by atoms with Crippen LogP contribution >= 0.6 is 11.3 Å². The zero-order valence-corrected chi connectivity index (χ0v) is 15.3. The van der Waals surface area contributed by atoms with E-state index in [2.05, 4.69) is 46.1 Å². The molecule has 25 heavy (non-hydrogen) atoms. The van der Waals surface area contributed by atoms with Crippen LogP contribution in [0.25, 0.3) is 10.2 Å². The normalized spacial score (nSPS) is 17.8. The SMILES string of the molecule is Cc1cc(/C=N\Nc2nc3ccccc3s2)c(C)n1C[C@@H]1CCCO1. The fraction of sp³-hybridized carbons (Fsp3) is 0.368. The van der Waals surface area contributed by atoms with Crippen LogP contribution < -0.4 is 5.43 Å². The third-order valence-electron chi connectivity index (χ3n) is 4.68. The molecule has 1 aromatic carbocycles. The van der Waals surface area contributed by atoms with E-state index in [-0.39, 0.29) is 0 Å². The van der Waals surface area contributed by atoms with E-state index in [0.29, 0.717) is 6.10 Å². The van der Waals surface area contributed by atoms with Crippen molar-refractivity contribution >= 4 is 32.9 Å². The Morgan fingerprint density at radius 1 is 1.40 bits per heavy atom. The van der Waals surface area contributed by atoms with Gasteiger partial charge in [-0.2, -0.15) is 5.10 Å². The third kappa shape index (κ3) is 3.45. The zero-order chi connectivity index (χ0) is 17.2. The van der Waals surface area contributed by atoms with E-state index < -0.39 is 0 Å². The van der Waals surface area contributed by atoms with Crippen LogP contribution in [0.4, 0.5) is 5.13 Å². The van der Waals surface area contributed by atoms with Gasteiger partial charge >= 0.3 is 0 Å². The first kappa shape index (κ1) is 16.3. The van der Waals surface area contributed by atoms with Gasteiger partial charge in [0, 0.05) is 30.1 Å². The van der Waals surface area contributed by atoms with Crippen LogP contribution in [0.15, 0.2) is 35.4 Å². The highest BCUT2D eigenvalue weighted by Gasteiger charge is 2.18. The molecule has 3 aromatic rings. The summed E-state index contributed by atoms with van der Waals surface area (Å²) in [4.78, 5) is 4.53. The number of para-hydroxylation sites is 1. The van der Waals surface area contributed by atoms with Gasteiger partial charge < -0.3 is 9.30 Å².